The van der Waals surface area contributed by atoms with Crippen LogP contribution in [-0.4, -0.2) is 59.0 Å². The fourth-order valence-corrected chi connectivity index (χ4v) is 4.19. The molecule has 168 valence electrons. The summed E-state index contributed by atoms with van der Waals surface area (Å²) in [6.07, 6.45) is -1.46. The first-order chi connectivity index (χ1) is 15.1. The average molecular weight is 438 g/mol. The van der Waals surface area contributed by atoms with Crippen molar-refractivity contribution in [3.8, 4) is 11.1 Å². The largest absolute Gasteiger partial charge is 0.479 e. The van der Waals surface area contributed by atoms with E-state index >= 15 is 0 Å². The number of aliphatic carboxylic acids is 1. The Morgan fingerprint density at radius 2 is 1.56 bits per heavy atom. The number of rotatable bonds is 4. The minimum atomic E-state index is -1.59. The number of hydrogen-bond donors (Lipinski definition) is 2. The summed E-state index contributed by atoms with van der Waals surface area (Å²) in [6.45, 7) is 4.80. The number of amides is 2. The lowest BCUT2D eigenvalue weighted by molar-refractivity contribution is -0.151. The zero-order valence-electron chi connectivity index (χ0n) is 18.3. The van der Waals surface area contributed by atoms with Crippen molar-refractivity contribution in [3.63, 3.8) is 0 Å². The topological polar surface area (TPSA) is 105 Å². The molecule has 0 atom stereocenters. The number of carboxylic acid groups (broad SMARTS) is 1. The van der Waals surface area contributed by atoms with Gasteiger partial charge in [-0.1, -0.05) is 48.5 Å². The third kappa shape index (κ3) is 4.00. The van der Waals surface area contributed by atoms with Crippen molar-refractivity contribution in [2.45, 2.75) is 37.8 Å². The van der Waals surface area contributed by atoms with Crippen molar-refractivity contribution in [2.24, 2.45) is 0 Å². The van der Waals surface area contributed by atoms with E-state index in [-0.39, 0.29) is 25.6 Å². The van der Waals surface area contributed by atoms with Crippen LogP contribution in [0.1, 0.15) is 37.8 Å². The summed E-state index contributed by atoms with van der Waals surface area (Å²) >= 11 is 0. The highest BCUT2D eigenvalue weighted by Crippen LogP contribution is 2.44. The molecule has 2 aromatic rings. The van der Waals surface area contributed by atoms with Gasteiger partial charge in [-0.2, -0.15) is 0 Å². The maximum Gasteiger partial charge on any atom is 0.409 e. The van der Waals surface area contributed by atoms with Crippen LogP contribution in [0.2, 0.25) is 0 Å². The molecule has 0 aromatic heterocycles. The molecule has 2 amide bonds. The van der Waals surface area contributed by atoms with Crippen LogP contribution in [0.4, 0.5) is 9.59 Å². The standard InChI is InChI=1S/C24H26N2O6/c1-23(2,3)32-21(29)25-24(20(27)28)13-26(14-24)22(30)31-12-19-17-10-6-4-8-15(17)16-9-5-7-11-18(16)19/h4-11,19H,12-14H2,1-3H3,(H,25,29)(H,27,28). The molecule has 1 saturated heterocycles. The summed E-state index contributed by atoms with van der Waals surface area (Å²) < 4.78 is 10.7. The Morgan fingerprint density at radius 1 is 1.03 bits per heavy atom. The highest BCUT2D eigenvalue weighted by Gasteiger charge is 2.54. The van der Waals surface area contributed by atoms with Crippen molar-refractivity contribution in [1.82, 2.24) is 10.2 Å². The van der Waals surface area contributed by atoms with Crippen LogP contribution >= 0.6 is 0 Å². The lowest BCUT2D eigenvalue weighted by atomic mass is 9.90. The van der Waals surface area contributed by atoms with Gasteiger partial charge in [0.05, 0.1) is 13.1 Å². The number of hydrogen-bond acceptors (Lipinski definition) is 5. The fourth-order valence-electron chi connectivity index (χ4n) is 4.19. The lowest BCUT2D eigenvalue weighted by Crippen LogP contribution is -2.75. The van der Waals surface area contributed by atoms with Crippen LogP contribution in [0.5, 0.6) is 0 Å². The van der Waals surface area contributed by atoms with Crippen molar-refractivity contribution in [2.75, 3.05) is 19.7 Å². The van der Waals surface area contributed by atoms with E-state index in [0.29, 0.717) is 0 Å². The molecule has 1 aliphatic carbocycles. The average Bonchev–Trinajstić information content (AvgIpc) is 3.01. The van der Waals surface area contributed by atoms with Gasteiger partial charge in [-0.15, -0.1) is 0 Å². The first-order valence-corrected chi connectivity index (χ1v) is 10.4. The number of alkyl carbamates (subject to hydrolysis) is 1. The van der Waals surface area contributed by atoms with Gasteiger partial charge in [0.1, 0.15) is 12.2 Å². The number of fused-ring (bicyclic) bond motifs is 3. The maximum atomic E-state index is 12.6. The molecule has 1 aliphatic heterocycles. The third-order valence-corrected chi connectivity index (χ3v) is 5.67. The zero-order valence-corrected chi connectivity index (χ0v) is 18.3. The summed E-state index contributed by atoms with van der Waals surface area (Å²) in [5, 5.41) is 12.0. The monoisotopic (exact) mass is 438 g/mol. The second-order valence-electron chi connectivity index (χ2n) is 9.17. The fraction of sp³-hybridized carbons (Fsp3) is 0.375. The Balaban J connectivity index is 1.39. The van der Waals surface area contributed by atoms with E-state index in [0.717, 1.165) is 22.3 Å². The van der Waals surface area contributed by atoms with Gasteiger partial charge in [0.15, 0.2) is 5.54 Å². The molecule has 8 nitrogen and oxygen atoms in total. The van der Waals surface area contributed by atoms with Gasteiger partial charge in [0.25, 0.3) is 0 Å². The molecule has 1 heterocycles. The molecule has 2 aliphatic rings. The second-order valence-corrected chi connectivity index (χ2v) is 9.17. The van der Waals surface area contributed by atoms with Crippen molar-refractivity contribution in [3.05, 3.63) is 59.7 Å². The van der Waals surface area contributed by atoms with Crippen LogP contribution < -0.4 is 5.32 Å². The van der Waals surface area contributed by atoms with Gasteiger partial charge < -0.3 is 24.8 Å². The van der Waals surface area contributed by atoms with Gasteiger partial charge >= 0.3 is 18.2 Å². The van der Waals surface area contributed by atoms with Crippen LogP contribution in [-0.2, 0) is 14.3 Å². The number of likely N-dealkylation sites (tertiary alicyclic amines) is 1. The summed E-state index contributed by atoms with van der Waals surface area (Å²) in [6, 6.07) is 16.0. The zero-order chi connectivity index (χ0) is 23.1. The summed E-state index contributed by atoms with van der Waals surface area (Å²) in [5.74, 6) is -1.32. The number of carbonyl (C=O) groups excluding carboxylic acids is 2. The highest BCUT2D eigenvalue weighted by atomic mass is 16.6. The van der Waals surface area contributed by atoms with Crippen molar-refractivity contribution < 1.29 is 29.0 Å². The molecule has 8 heteroatoms. The van der Waals surface area contributed by atoms with E-state index in [1.807, 2.05) is 36.4 Å². The van der Waals surface area contributed by atoms with Crippen LogP contribution in [0.25, 0.3) is 11.1 Å². The van der Waals surface area contributed by atoms with E-state index in [4.69, 9.17) is 9.47 Å². The minimum absolute atomic E-state index is 0.0863. The van der Waals surface area contributed by atoms with Gasteiger partial charge in [-0.05, 0) is 43.0 Å². The molecule has 0 spiro atoms. The van der Waals surface area contributed by atoms with E-state index in [2.05, 4.69) is 17.4 Å². The Hall–Kier alpha value is -3.55. The van der Waals surface area contributed by atoms with Gasteiger partial charge in [0.2, 0.25) is 0 Å². The Bertz CT molecular complexity index is 1020. The molecule has 0 radical (unpaired) electrons. The number of carboxylic acids is 1. The lowest BCUT2D eigenvalue weighted by Gasteiger charge is -2.46. The molecule has 32 heavy (non-hydrogen) atoms. The van der Waals surface area contributed by atoms with E-state index < -0.39 is 29.3 Å². The van der Waals surface area contributed by atoms with Gasteiger partial charge in [-0.3, -0.25) is 0 Å². The molecule has 1 fully saturated rings. The molecular formula is C24H26N2O6. The smallest absolute Gasteiger partial charge is 0.409 e. The maximum absolute atomic E-state index is 12.6. The van der Waals surface area contributed by atoms with Crippen LogP contribution in [0, 0.1) is 0 Å². The SMILES string of the molecule is CC(C)(C)OC(=O)NC1(C(=O)O)CN(C(=O)OCC2c3ccccc3-c3ccccc32)C1. The van der Waals surface area contributed by atoms with E-state index in [9.17, 15) is 19.5 Å². The number of benzene rings is 2. The molecule has 4 rings (SSSR count). The summed E-state index contributed by atoms with van der Waals surface area (Å²) in [5.41, 5.74) is 2.08. The molecule has 0 unspecified atom stereocenters. The molecule has 2 aromatic carbocycles. The number of ether oxygens (including phenoxy) is 2. The number of carbonyl (C=O) groups is 3. The first kappa shape index (κ1) is 21.7. The Morgan fingerprint density at radius 3 is 2.06 bits per heavy atom. The predicted molar refractivity (Wildman–Crippen MR) is 116 cm³/mol. The van der Waals surface area contributed by atoms with Crippen LogP contribution in [0.15, 0.2) is 48.5 Å². The summed E-state index contributed by atoms with van der Waals surface area (Å²) in [4.78, 5) is 37.7. The van der Waals surface area contributed by atoms with Crippen LogP contribution in [0.3, 0.4) is 0 Å². The van der Waals surface area contributed by atoms with E-state index in [1.54, 1.807) is 20.8 Å². The van der Waals surface area contributed by atoms with Crippen molar-refractivity contribution in [1.29, 1.82) is 0 Å². The van der Waals surface area contributed by atoms with E-state index in [1.165, 1.54) is 4.90 Å². The summed E-state index contributed by atoms with van der Waals surface area (Å²) in [7, 11) is 0. The quantitative estimate of drug-likeness (QED) is 0.756. The molecule has 2 N–H and O–H groups in total. The van der Waals surface area contributed by atoms with Crippen molar-refractivity contribution >= 4 is 18.2 Å². The highest BCUT2D eigenvalue weighted by molar-refractivity contribution is 5.88. The first-order valence-electron chi connectivity index (χ1n) is 10.4. The normalized spacial score (nSPS) is 16.4. The third-order valence-electron chi connectivity index (χ3n) is 5.67. The number of nitrogens with zero attached hydrogens (tertiary/aromatic N) is 1. The number of nitrogens with one attached hydrogen (secondary N) is 1. The molecule has 0 saturated carbocycles. The molecule has 0 bridgehead atoms. The van der Waals surface area contributed by atoms with Gasteiger partial charge in [-0.25, -0.2) is 14.4 Å². The minimum Gasteiger partial charge on any atom is -0.479 e. The Kier molecular flexibility index (Phi) is 5.32. The second kappa shape index (κ2) is 7.85. The predicted octanol–water partition coefficient (Wildman–Crippen LogP) is 3.60. The van der Waals surface area contributed by atoms with Gasteiger partial charge in [0, 0.05) is 5.92 Å². The molecular weight excluding hydrogens is 412 g/mol. The Labute approximate surface area is 186 Å².